The molecular formula is C18H17N3O6. The maximum Gasteiger partial charge on any atom is 0.343 e. The van der Waals surface area contributed by atoms with Crippen molar-refractivity contribution in [1.29, 1.82) is 0 Å². The number of benzene rings is 2. The maximum atomic E-state index is 12.5. The molecule has 1 aromatic heterocycles. The van der Waals surface area contributed by atoms with E-state index in [2.05, 4.69) is 10.3 Å². The molecule has 9 nitrogen and oxygen atoms in total. The van der Waals surface area contributed by atoms with E-state index in [9.17, 15) is 9.59 Å². The molecule has 1 heterocycles. The largest absolute Gasteiger partial charge is 0.496 e. The molecule has 0 saturated carbocycles. The van der Waals surface area contributed by atoms with Crippen molar-refractivity contribution in [2.75, 3.05) is 21.3 Å². The van der Waals surface area contributed by atoms with Crippen LogP contribution in [0.15, 0.2) is 41.2 Å². The summed E-state index contributed by atoms with van der Waals surface area (Å²) in [5.74, 6) is 0.277. The van der Waals surface area contributed by atoms with Crippen LogP contribution < -0.4 is 19.8 Å². The number of rotatable bonds is 6. The molecule has 0 N–H and O–H groups in total. The number of hydrogen-bond acceptors (Lipinski definition) is 8. The van der Waals surface area contributed by atoms with Gasteiger partial charge in [-0.1, -0.05) is 17.3 Å². The number of methoxy groups -OCH3 is 3. The minimum atomic E-state index is -0.713. The molecule has 0 spiro atoms. The van der Waals surface area contributed by atoms with Crippen LogP contribution in [-0.2, 0) is 11.5 Å². The highest BCUT2D eigenvalue weighted by atomic mass is 16.5. The van der Waals surface area contributed by atoms with Gasteiger partial charge in [-0.3, -0.25) is 4.79 Å². The standard InChI is InChI=1S/C18H17N3O6/c1-24-14-9-16(26-3)15(25-2)8-12(14)18(23)27-10-21-17(22)11-6-4-5-7-13(11)19-20-21/h4-9H,10H2,1-3H3. The quantitative estimate of drug-likeness (QED) is 0.603. The zero-order valence-corrected chi connectivity index (χ0v) is 15.0. The van der Waals surface area contributed by atoms with Crippen LogP contribution in [0.4, 0.5) is 0 Å². The van der Waals surface area contributed by atoms with Gasteiger partial charge in [-0.05, 0) is 12.1 Å². The fourth-order valence-electron chi connectivity index (χ4n) is 2.49. The van der Waals surface area contributed by atoms with Gasteiger partial charge in [-0.15, -0.1) is 5.10 Å². The van der Waals surface area contributed by atoms with Gasteiger partial charge in [0.1, 0.15) is 16.8 Å². The van der Waals surface area contributed by atoms with Gasteiger partial charge in [-0.25, -0.2) is 4.79 Å². The number of nitrogens with zero attached hydrogens (tertiary/aromatic N) is 3. The van der Waals surface area contributed by atoms with Crippen molar-refractivity contribution < 1.29 is 23.7 Å². The van der Waals surface area contributed by atoms with E-state index in [0.29, 0.717) is 22.4 Å². The van der Waals surface area contributed by atoms with Gasteiger partial charge in [0.2, 0.25) is 0 Å². The highest BCUT2D eigenvalue weighted by Gasteiger charge is 2.19. The molecule has 0 aliphatic carbocycles. The lowest BCUT2D eigenvalue weighted by molar-refractivity contribution is 0.0332. The average molecular weight is 371 g/mol. The molecule has 0 fully saturated rings. The van der Waals surface area contributed by atoms with Crippen LogP contribution in [0.25, 0.3) is 10.9 Å². The SMILES string of the molecule is COc1cc(OC)c(C(=O)OCn2nnc3ccccc3c2=O)cc1OC. The second-order valence-electron chi connectivity index (χ2n) is 5.38. The number of esters is 1. The first-order valence-electron chi connectivity index (χ1n) is 7.88. The Morgan fingerprint density at radius 3 is 2.37 bits per heavy atom. The summed E-state index contributed by atoms with van der Waals surface area (Å²) in [5, 5.41) is 8.10. The summed E-state index contributed by atoms with van der Waals surface area (Å²) in [4.78, 5) is 24.9. The van der Waals surface area contributed by atoms with Crippen molar-refractivity contribution >= 4 is 16.9 Å². The van der Waals surface area contributed by atoms with Crippen LogP contribution in [0, 0.1) is 0 Å². The van der Waals surface area contributed by atoms with Crippen molar-refractivity contribution in [3.05, 3.63) is 52.3 Å². The van der Waals surface area contributed by atoms with E-state index in [4.69, 9.17) is 18.9 Å². The Morgan fingerprint density at radius 1 is 1.00 bits per heavy atom. The Morgan fingerprint density at radius 2 is 1.67 bits per heavy atom. The minimum absolute atomic E-state index is 0.122. The summed E-state index contributed by atoms with van der Waals surface area (Å²) in [5.41, 5.74) is 0.177. The van der Waals surface area contributed by atoms with E-state index < -0.39 is 18.3 Å². The summed E-state index contributed by atoms with van der Waals surface area (Å²) >= 11 is 0. The molecule has 9 heteroatoms. The highest BCUT2D eigenvalue weighted by molar-refractivity contribution is 5.93. The fourth-order valence-corrected chi connectivity index (χ4v) is 2.49. The summed E-state index contributed by atoms with van der Waals surface area (Å²) in [6.45, 7) is -0.396. The van der Waals surface area contributed by atoms with E-state index in [1.54, 1.807) is 24.3 Å². The van der Waals surface area contributed by atoms with E-state index in [-0.39, 0.29) is 11.3 Å². The first-order chi connectivity index (χ1) is 13.1. The second-order valence-corrected chi connectivity index (χ2v) is 5.38. The normalized spacial score (nSPS) is 10.5. The van der Waals surface area contributed by atoms with Crippen molar-refractivity contribution in [3.8, 4) is 17.2 Å². The fraction of sp³-hybridized carbons (Fsp3) is 0.222. The van der Waals surface area contributed by atoms with Crippen LogP contribution in [0.5, 0.6) is 17.2 Å². The topological polar surface area (TPSA) is 102 Å². The third-order valence-corrected chi connectivity index (χ3v) is 3.87. The average Bonchev–Trinajstić information content (AvgIpc) is 2.72. The second kappa shape index (κ2) is 7.73. The zero-order valence-electron chi connectivity index (χ0n) is 15.0. The zero-order chi connectivity index (χ0) is 19.4. The van der Waals surface area contributed by atoms with E-state index >= 15 is 0 Å². The summed E-state index contributed by atoms with van der Waals surface area (Å²) in [7, 11) is 4.33. The Kier molecular flexibility index (Phi) is 5.20. The third kappa shape index (κ3) is 3.52. The number of aromatic nitrogens is 3. The predicted octanol–water partition coefficient (Wildman–Crippen LogP) is 1.63. The number of fused-ring (bicyclic) bond motifs is 1. The molecule has 0 saturated heterocycles. The molecule has 0 atom stereocenters. The lowest BCUT2D eigenvalue weighted by Gasteiger charge is -2.13. The van der Waals surface area contributed by atoms with Gasteiger partial charge in [0, 0.05) is 12.1 Å². The first-order valence-corrected chi connectivity index (χ1v) is 7.88. The summed E-state index contributed by atoms with van der Waals surface area (Å²) in [6, 6.07) is 9.73. The summed E-state index contributed by atoms with van der Waals surface area (Å²) in [6.07, 6.45) is 0. The van der Waals surface area contributed by atoms with Crippen molar-refractivity contribution in [1.82, 2.24) is 15.0 Å². The van der Waals surface area contributed by atoms with Crippen molar-refractivity contribution in [3.63, 3.8) is 0 Å². The molecule has 0 aliphatic heterocycles. The molecule has 2 aromatic carbocycles. The molecule has 27 heavy (non-hydrogen) atoms. The molecule has 0 unspecified atom stereocenters. The van der Waals surface area contributed by atoms with Gasteiger partial charge >= 0.3 is 5.97 Å². The number of hydrogen-bond donors (Lipinski definition) is 0. The van der Waals surface area contributed by atoms with Gasteiger partial charge in [0.15, 0.2) is 18.2 Å². The highest BCUT2D eigenvalue weighted by Crippen LogP contribution is 2.34. The molecule has 0 radical (unpaired) electrons. The molecular weight excluding hydrogens is 354 g/mol. The van der Waals surface area contributed by atoms with Gasteiger partial charge in [0.05, 0.1) is 26.7 Å². The summed E-state index contributed by atoms with van der Waals surface area (Å²) < 4.78 is 21.7. The van der Waals surface area contributed by atoms with Gasteiger partial charge in [0.25, 0.3) is 5.56 Å². The lowest BCUT2D eigenvalue weighted by atomic mass is 10.1. The Hall–Kier alpha value is -3.62. The molecule has 0 bridgehead atoms. The van der Waals surface area contributed by atoms with Gasteiger partial charge in [-0.2, -0.15) is 4.68 Å². The lowest BCUT2D eigenvalue weighted by Crippen LogP contribution is -2.26. The van der Waals surface area contributed by atoms with Crippen LogP contribution in [0.2, 0.25) is 0 Å². The van der Waals surface area contributed by atoms with Crippen molar-refractivity contribution in [2.45, 2.75) is 6.73 Å². The van der Waals surface area contributed by atoms with Crippen LogP contribution >= 0.6 is 0 Å². The Balaban J connectivity index is 1.86. The smallest absolute Gasteiger partial charge is 0.343 e. The molecule has 0 amide bonds. The monoisotopic (exact) mass is 371 g/mol. The van der Waals surface area contributed by atoms with E-state index in [1.165, 1.54) is 33.5 Å². The Bertz CT molecular complexity index is 1050. The van der Waals surface area contributed by atoms with Crippen LogP contribution in [0.3, 0.4) is 0 Å². The Labute approximate surface area is 154 Å². The van der Waals surface area contributed by atoms with Crippen LogP contribution in [-0.4, -0.2) is 42.3 Å². The minimum Gasteiger partial charge on any atom is -0.496 e. The third-order valence-electron chi connectivity index (χ3n) is 3.87. The van der Waals surface area contributed by atoms with Gasteiger partial charge < -0.3 is 18.9 Å². The number of carbonyl (C=O) groups is 1. The van der Waals surface area contributed by atoms with E-state index in [0.717, 1.165) is 4.68 Å². The molecule has 140 valence electrons. The molecule has 0 aliphatic rings. The van der Waals surface area contributed by atoms with E-state index in [1.807, 2.05) is 0 Å². The predicted molar refractivity (Wildman–Crippen MR) is 95.3 cm³/mol. The number of carbonyl (C=O) groups excluding carboxylic acids is 1. The van der Waals surface area contributed by atoms with Crippen molar-refractivity contribution in [2.24, 2.45) is 0 Å². The maximum absolute atomic E-state index is 12.5. The molecule has 3 aromatic rings. The van der Waals surface area contributed by atoms with Crippen LogP contribution in [0.1, 0.15) is 10.4 Å². The molecule has 3 rings (SSSR count). The number of ether oxygens (including phenoxy) is 4. The first kappa shape index (κ1) is 18.2.